The first-order valence-corrected chi connectivity index (χ1v) is 5.77. The predicted molar refractivity (Wildman–Crippen MR) is 64.1 cm³/mol. The zero-order valence-corrected chi connectivity index (χ0v) is 10.9. The molecule has 4 nitrogen and oxygen atoms in total. The lowest BCUT2D eigenvalue weighted by atomic mass is 10.1. The highest BCUT2D eigenvalue weighted by atomic mass is 79.9. The van der Waals surface area contributed by atoms with Crippen molar-refractivity contribution in [3.05, 3.63) is 16.0 Å². The molecule has 15 heavy (non-hydrogen) atoms. The third-order valence-corrected chi connectivity index (χ3v) is 2.80. The smallest absolute Gasteiger partial charge is 0.224 e. The molecule has 0 aliphatic carbocycles. The SMILES string of the molecule is CC(C)C(CO)Nc1nc(Cl)ncc1Br. The molecule has 0 bridgehead atoms. The van der Waals surface area contributed by atoms with Crippen LogP contribution in [-0.4, -0.2) is 27.7 Å². The summed E-state index contributed by atoms with van der Waals surface area (Å²) in [5.74, 6) is 0.901. The van der Waals surface area contributed by atoms with Crippen LogP contribution in [0, 0.1) is 5.92 Å². The Hall–Kier alpha value is -0.390. The van der Waals surface area contributed by atoms with E-state index in [-0.39, 0.29) is 17.9 Å². The van der Waals surface area contributed by atoms with Crippen LogP contribution in [0.3, 0.4) is 0 Å². The van der Waals surface area contributed by atoms with E-state index in [0.717, 1.165) is 4.47 Å². The van der Waals surface area contributed by atoms with Gasteiger partial charge in [-0.2, -0.15) is 4.98 Å². The third kappa shape index (κ3) is 3.59. The normalized spacial score (nSPS) is 12.9. The van der Waals surface area contributed by atoms with Crippen LogP contribution in [0.25, 0.3) is 0 Å². The standard InChI is InChI=1S/C9H13BrClN3O/c1-5(2)7(4-15)13-8-6(10)3-12-9(11)14-8/h3,5,7,15H,4H2,1-2H3,(H,12,13,14). The van der Waals surface area contributed by atoms with Gasteiger partial charge in [0.05, 0.1) is 17.1 Å². The summed E-state index contributed by atoms with van der Waals surface area (Å²) in [4.78, 5) is 7.85. The predicted octanol–water partition coefficient (Wildman–Crippen LogP) is 2.32. The molecule has 0 spiro atoms. The molecule has 1 atom stereocenters. The minimum Gasteiger partial charge on any atom is -0.394 e. The maximum Gasteiger partial charge on any atom is 0.224 e. The Labute approximate surface area is 102 Å². The molecule has 6 heteroatoms. The van der Waals surface area contributed by atoms with Crippen molar-refractivity contribution < 1.29 is 5.11 Å². The summed E-state index contributed by atoms with van der Waals surface area (Å²) >= 11 is 8.99. The van der Waals surface area contributed by atoms with E-state index in [9.17, 15) is 0 Å². The number of hydrogen-bond donors (Lipinski definition) is 2. The molecule has 0 amide bonds. The van der Waals surface area contributed by atoms with Gasteiger partial charge in [0.2, 0.25) is 5.28 Å². The van der Waals surface area contributed by atoms with Crippen LogP contribution in [-0.2, 0) is 0 Å². The van der Waals surface area contributed by atoms with Crippen LogP contribution >= 0.6 is 27.5 Å². The first-order valence-electron chi connectivity index (χ1n) is 4.60. The summed E-state index contributed by atoms with van der Waals surface area (Å²) in [6.45, 7) is 4.08. The van der Waals surface area contributed by atoms with Crippen LogP contribution in [0.4, 0.5) is 5.82 Å². The van der Waals surface area contributed by atoms with Gasteiger partial charge in [-0.3, -0.25) is 0 Å². The Morgan fingerprint density at radius 2 is 2.27 bits per heavy atom. The van der Waals surface area contributed by atoms with Gasteiger partial charge in [0, 0.05) is 6.20 Å². The summed E-state index contributed by atoms with van der Waals surface area (Å²) in [5.41, 5.74) is 0. The van der Waals surface area contributed by atoms with Crippen molar-refractivity contribution in [2.24, 2.45) is 5.92 Å². The van der Waals surface area contributed by atoms with E-state index in [0.29, 0.717) is 11.7 Å². The van der Waals surface area contributed by atoms with Crippen molar-refractivity contribution in [1.82, 2.24) is 9.97 Å². The van der Waals surface area contributed by atoms with Crippen molar-refractivity contribution >= 4 is 33.3 Å². The van der Waals surface area contributed by atoms with Crippen LogP contribution in [0.1, 0.15) is 13.8 Å². The minimum atomic E-state index is -0.0488. The lowest BCUT2D eigenvalue weighted by Gasteiger charge is -2.20. The quantitative estimate of drug-likeness (QED) is 0.837. The molecule has 0 saturated carbocycles. The van der Waals surface area contributed by atoms with Crippen molar-refractivity contribution in [1.29, 1.82) is 0 Å². The number of aromatic nitrogens is 2. The molecular formula is C9H13BrClN3O. The van der Waals surface area contributed by atoms with Crippen molar-refractivity contribution in [2.45, 2.75) is 19.9 Å². The molecule has 0 radical (unpaired) electrons. The van der Waals surface area contributed by atoms with Gasteiger partial charge in [0.25, 0.3) is 0 Å². The molecule has 1 rings (SSSR count). The molecule has 0 aromatic carbocycles. The van der Waals surface area contributed by atoms with E-state index in [1.54, 1.807) is 6.20 Å². The van der Waals surface area contributed by atoms with E-state index in [4.69, 9.17) is 16.7 Å². The zero-order chi connectivity index (χ0) is 11.4. The number of aliphatic hydroxyl groups is 1. The maximum absolute atomic E-state index is 9.16. The first-order chi connectivity index (χ1) is 7.04. The highest BCUT2D eigenvalue weighted by Gasteiger charge is 2.14. The van der Waals surface area contributed by atoms with E-state index in [1.807, 2.05) is 13.8 Å². The highest BCUT2D eigenvalue weighted by Crippen LogP contribution is 2.22. The van der Waals surface area contributed by atoms with Crippen molar-refractivity contribution in [3.63, 3.8) is 0 Å². The van der Waals surface area contributed by atoms with E-state index >= 15 is 0 Å². The molecule has 1 unspecified atom stereocenters. The van der Waals surface area contributed by atoms with Crippen LogP contribution in [0.5, 0.6) is 0 Å². The van der Waals surface area contributed by atoms with Gasteiger partial charge in [0.15, 0.2) is 0 Å². The fraction of sp³-hybridized carbons (Fsp3) is 0.556. The minimum absolute atomic E-state index is 0.0473. The van der Waals surface area contributed by atoms with Gasteiger partial charge < -0.3 is 10.4 Å². The summed E-state index contributed by atoms with van der Waals surface area (Å²) in [5, 5.41) is 12.5. The molecule has 1 heterocycles. The second-order valence-corrected chi connectivity index (χ2v) is 4.71. The number of nitrogens with one attached hydrogen (secondary N) is 1. The molecule has 84 valence electrons. The fourth-order valence-electron chi connectivity index (χ4n) is 1.05. The number of nitrogens with zero attached hydrogens (tertiary/aromatic N) is 2. The van der Waals surface area contributed by atoms with E-state index in [2.05, 4.69) is 31.2 Å². The number of halogens is 2. The molecule has 2 N–H and O–H groups in total. The molecule has 0 saturated heterocycles. The average Bonchev–Trinajstić information content (AvgIpc) is 2.18. The van der Waals surface area contributed by atoms with E-state index < -0.39 is 0 Å². The highest BCUT2D eigenvalue weighted by molar-refractivity contribution is 9.10. The van der Waals surface area contributed by atoms with Gasteiger partial charge in [-0.25, -0.2) is 4.98 Å². The number of anilines is 1. The zero-order valence-electron chi connectivity index (χ0n) is 8.54. The molecule has 1 aromatic rings. The van der Waals surface area contributed by atoms with Gasteiger partial charge in [-0.1, -0.05) is 13.8 Å². The topological polar surface area (TPSA) is 58.0 Å². The van der Waals surface area contributed by atoms with Gasteiger partial charge in [-0.15, -0.1) is 0 Å². The number of hydrogen-bond acceptors (Lipinski definition) is 4. The number of rotatable bonds is 4. The second kappa shape index (κ2) is 5.63. The van der Waals surface area contributed by atoms with Crippen LogP contribution in [0.15, 0.2) is 10.7 Å². The third-order valence-electron chi connectivity index (χ3n) is 2.04. The van der Waals surface area contributed by atoms with E-state index in [1.165, 1.54) is 0 Å². The maximum atomic E-state index is 9.16. The Kier molecular flexibility index (Phi) is 4.76. The van der Waals surface area contributed by atoms with Gasteiger partial charge >= 0.3 is 0 Å². The fourth-order valence-corrected chi connectivity index (χ4v) is 1.48. The first kappa shape index (κ1) is 12.7. The summed E-state index contributed by atoms with van der Waals surface area (Å²) < 4.78 is 0.728. The molecule has 0 aliphatic rings. The van der Waals surface area contributed by atoms with Gasteiger partial charge in [0.1, 0.15) is 5.82 Å². The second-order valence-electron chi connectivity index (χ2n) is 3.51. The molecule has 1 aromatic heterocycles. The van der Waals surface area contributed by atoms with Crippen molar-refractivity contribution in [3.8, 4) is 0 Å². The summed E-state index contributed by atoms with van der Waals surface area (Å²) in [7, 11) is 0. The average molecular weight is 295 g/mol. The lowest BCUT2D eigenvalue weighted by molar-refractivity contribution is 0.249. The summed E-state index contributed by atoms with van der Waals surface area (Å²) in [6.07, 6.45) is 1.58. The largest absolute Gasteiger partial charge is 0.394 e. The number of aliphatic hydroxyl groups excluding tert-OH is 1. The molecule has 0 aliphatic heterocycles. The Bertz CT molecular complexity index is 335. The molecular weight excluding hydrogens is 281 g/mol. The van der Waals surface area contributed by atoms with Crippen molar-refractivity contribution in [2.75, 3.05) is 11.9 Å². The lowest BCUT2D eigenvalue weighted by Crippen LogP contribution is -2.30. The monoisotopic (exact) mass is 293 g/mol. The Morgan fingerprint density at radius 3 is 2.80 bits per heavy atom. The van der Waals surface area contributed by atoms with Gasteiger partial charge in [-0.05, 0) is 33.4 Å². The Morgan fingerprint density at radius 1 is 1.60 bits per heavy atom. The molecule has 0 fully saturated rings. The van der Waals surface area contributed by atoms with Crippen LogP contribution in [0.2, 0.25) is 5.28 Å². The van der Waals surface area contributed by atoms with Crippen LogP contribution < -0.4 is 5.32 Å². The Balaban J connectivity index is 2.82. The summed E-state index contributed by atoms with van der Waals surface area (Å²) in [6, 6.07) is -0.0488.